The van der Waals surface area contributed by atoms with Gasteiger partial charge in [0.25, 0.3) is 21.4 Å². The van der Waals surface area contributed by atoms with Crippen LogP contribution < -0.4 is 20.0 Å². The summed E-state index contributed by atoms with van der Waals surface area (Å²) in [4.78, 5) is 38.6. The third-order valence-corrected chi connectivity index (χ3v) is 14.8. The third kappa shape index (κ3) is 20.5. The van der Waals surface area contributed by atoms with Crippen LogP contribution in [0.5, 0.6) is 11.5 Å². The largest absolute Gasteiger partial charge is 0.171 e. The fourth-order valence-electron chi connectivity index (χ4n) is 9.08. The summed E-state index contributed by atoms with van der Waals surface area (Å²) in [6.45, 7) is 11.6. The number of sulfonamides is 1. The predicted octanol–water partition coefficient (Wildman–Crippen LogP) is 9.57. The molecule has 2 aliphatic rings. The Labute approximate surface area is 548 Å². The molecule has 0 saturated heterocycles. The number of nitro benzene ring substituents is 2. The molecule has 21 nitrogen and oxygen atoms in total. The van der Waals surface area contributed by atoms with E-state index in [9.17, 15) is 28.6 Å². The van der Waals surface area contributed by atoms with Gasteiger partial charge in [-0.25, -0.2) is 4.83 Å². The minimum Gasteiger partial charge on any atom is -0.171 e. The Kier molecular flexibility index (Phi) is 26.3. The number of benzene rings is 5. The predicted molar refractivity (Wildman–Crippen MR) is 367 cm³/mol. The summed E-state index contributed by atoms with van der Waals surface area (Å²) in [5, 5.41) is 40.4. The van der Waals surface area contributed by atoms with E-state index in [0.717, 1.165) is 93.7 Å². The number of nitrogens with two attached hydrogens (primary N) is 1. The van der Waals surface area contributed by atoms with Crippen LogP contribution in [0.1, 0.15) is 55.6 Å². The number of pyridine rings is 2. The molecule has 3 N–H and O–H groups in total. The number of nitrogen functional groups attached to an aromatic ring is 1. The van der Waals surface area contributed by atoms with Crippen molar-refractivity contribution in [2.75, 3.05) is 46.1 Å². The van der Waals surface area contributed by atoms with E-state index in [4.69, 9.17) is 24.7 Å². The maximum Gasteiger partial charge on any atom is 0.143 e. The first kappa shape index (κ1) is 64.9. The quantitative estimate of drug-likeness (QED) is 0.0173. The van der Waals surface area contributed by atoms with E-state index in [-0.39, 0.29) is 27.7 Å². The van der Waals surface area contributed by atoms with Gasteiger partial charge in [0, 0.05) is 100 Å². The van der Waals surface area contributed by atoms with Crippen molar-refractivity contribution in [3.05, 3.63) is 210 Å². The van der Waals surface area contributed by atoms with Gasteiger partial charge in [0.05, 0.1) is 58.6 Å². The third-order valence-electron chi connectivity index (χ3n) is 13.6. The van der Waals surface area contributed by atoms with E-state index in [1.165, 1.54) is 87.8 Å². The van der Waals surface area contributed by atoms with Gasteiger partial charge >= 0.3 is 25.2 Å². The summed E-state index contributed by atoms with van der Waals surface area (Å²) in [6.07, 6.45) is 17.6. The van der Waals surface area contributed by atoms with Gasteiger partial charge in [-0.1, -0.05) is 42.0 Å². The number of halogens is 3. The van der Waals surface area contributed by atoms with Crippen molar-refractivity contribution in [3.8, 4) is 38.9 Å². The van der Waals surface area contributed by atoms with Crippen molar-refractivity contribution in [2.24, 2.45) is 5.10 Å². The van der Waals surface area contributed by atoms with Crippen LogP contribution in [0.25, 0.3) is 17.1 Å². The van der Waals surface area contributed by atoms with Crippen LogP contribution in [0.3, 0.4) is 0 Å². The van der Waals surface area contributed by atoms with Crippen LogP contribution in [-0.2, 0) is 48.8 Å². The van der Waals surface area contributed by atoms with Crippen LogP contribution >= 0.6 is 68.3 Å². The molecule has 10 rings (SSSR count). The van der Waals surface area contributed by atoms with Gasteiger partial charge in [0.1, 0.15) is 22.1 Å². The molecule has 0 aliphatic carbocycles. The number of ether oxygens (including phenoxy) is 2. The topological polar surface area (TPSA) is 265 Å². The Balaban J connectivity index is 0.000000234. The van der Waals surface area contributed by atoms with Gasteiger partial charge in [-0.05, 0) is 161 Å². The normalized spacial score (nSPS) is 13.0. The number of hydrogen-bond donors (Lipinski definition) is 2. The summed E-state index contributed by atoms with van der Waals surface area (Å²) in [5.74, 6) is 0.991. The van der Waals surface area contributed by atoms with Crippen molar-refractivity contribution in [1.29, 1.82) is 1.78 Å². The van der Waals surface area contributed by atoms with Crippen molar-refractivity contribution < 1.29 is 27.7 Å². The van der Waals surface area contributed by atoms with E-state index >= 15 is 0 Å². The van der Waals surface area contributed by atoms with E-state index in [2.05, 4.69) is 87.0 Å². The van der Waals surface area contributed by atoms with Gasteiger partial charge < -0.3 is 15.2 Å². The molecular weight excluding hydrogens is 1450 g/mol. The molecule has 27 heteroatoms. The number of hydrogen-bond acceptors (Lipinski definition) is 17. The molecule has 0 atom stereocenters. The molecule has 3 radical (unpaired) electrons. The Morgan fingerprint density at radius 3 is 1.80 bits per heavy atom. The number of aromatic nitrogens is 6. The summed E-state index contributed by atoms with van der Waals surface area (Å²) in [6, 6.07) is 32.5. The molecule has 3 aromatic heterocycles. The maximum absolute atomic E-state index is 12.1. The van der Waals surface area contributed by atoms with Crippen LogP contribution in [0.4, 0.5) is 17.1 Å². The van der Waals surface area contributed by atoms with Crippen LogP contribution in [-0.4, -0.2) is 119 Å². The van der Waals surface area contributed by atoms with Crippen molar-refractivity contribution in [1.82, 2.24) is 44.8 Å². The number of aryl methyl sites for hydroxylation is 3. The molecule has 5 aromatic carbocycles. The smallest absolute Gasteiger partial charge is 0.143 e. The molecule has 2 aliphatic heterocycles. The molecule has 447 valence electrons. The number of nitrogens with zero attached hydrogens (tertiary/aromatic N) is 11. The van der Waals surface area contributed by atoms with E-state index in [1.54, 1.807) is 25.1 Å². The molecular formula is C59H65B2I3N13O8S. The SMILES string of the molecule is C#CI.COc1cc([N+](=O)[O-])c(-c2nnn(-c3ccc(CCN4CCc5cnccc5C4)cc3)n2)cc1C.COc1cc([N+](=O)[O-])c(/C=N/NS(=O)(=O)c2ccc(C)cc2)cc1C.Nc1ccc(CCN2CCc3cnccc3C2)cc1.[2H]I([2H])[2H].[B][B]I. The first-order valence-corrected chi connectivity index (χ1v) is 30.2. The number of fused-ring (bicyclic) bond motifs is 2. The minimum atomic E-state index is -3.85. The molecule has 86 heavy (non-hydrogen) atoms. The molecule has 0 amide bonds. The minimum absolute atomic E-state index is 0.0515. The molecule has 5 heterocycles. The molecule has 0 fully saturated rings. The number of tetrazole rings is 1. The second kappa shape index (κ2) is 34.9. The molecule has 0 spiro atoms. The number of hydrazone groups is 1. The Morgan fingerprint density at radius 1 is 0.814 bits per heavy atom. The average molecular weight is 1520 g/mol. The zero-order valence-electron chi connectivity index (χ0n) is 50.9. The Morgan fingerprint density at radius 2 is 1.30 bits per heavy atom. The van der Waals surface area contributed by atoms with Gasteiger partial charge in [0.2, 0.25) is 5.82 Å². The Bertz CT molecular complexity index is 3780. The van der Waals surface area contributed by atoms with Gasteiger partial charge in [0.15, 0.2) is 0 Å². The molecule has 0 unspecified atom stereocenters. The second-order valence-electron chi connectivity index (χ2n) is 19.3. The zero-order valence-corrected chi connectivity index (χ0v) is 55.2. The summed E-state index contributed by atoms with van der Waals surface area (Å²) >= 11 is 1.24. The van der Waals surface area contributed by atoms with Gasteiger partial charge in [-0.15, -0.1) is 21.4 Å². The van der Waals surface area contributed by atoms with Crippen molar-refractivity contribution in [2.45, 2.75) is 64.4 Å². The number of rotatable bonds is 16. The molecule has 0 saturated carbocycles. The first-order chi connectivity index (χ1) is 42.6. The second-order valence-corrected chi connectivity index (χ2v) is 22.3. The van der Waals surface area contributed by atoms with Crippen LogP contribution in [0.2, 0.25) is 0 Å². The Hall–Kier alpha value is -7.11. The monoisotopic (exact) mass is 1520 g/mol. The number of terminal acetylenes is 1. The van der Waals surface area contributed by atoms with E-state index < -0.39 is 43.3 Å². The number of nitro groups is 2. The molecule has 8 aromatic rings. The van der Waals surface area contributed by atoms with Crippen LogP contribution in [0, 0.1) is 51.4 Å². The average Bonchev–Trinajstić information content (AvgIpc) is 4.26. The van der Waals surface area contributed by atoms with Gasteiger partial charge in [-0.2, -0.15) is 35.9 Å². The van der Waals surface area contributed by atoms with Crippen LogP contribution in [0.15, 0.2) is 144 Å². The van der Waals surface area contributed by atoms with Crippen molar-refractivity contribution in [3.63, 3.8) is 0 Å². The van der Waals surface area contributed by atoms with E-state index in [1.807, 2.05) is 113 Å². The van der Waals surface area contributed by atoms with Gasteiger partial charge in [-0.3, -0.25) is 40.0 Å². The number of anilines is 1. The fourth-order valence-corrected chi connectivity index (χ4v) is 9.87. The standard InChI is InChI=1S/C25H25N7O3.C16H17N3O5S.C16H19N3.C2HI.B2I.H3I/c1-17-13-22(23(32(33)34)14-24(17)35-2)25-27-29-31(28-25)21-5-3-18(4-6-21)8-11-30-12-9-19-15-26-10-7-20(19)16-30;1-11-4-6-14(7-5-11)25(22,23)18-17-10-13-8-12(2)16(24-3)9-15(13)19(20)21;17-16-3-1-13(2-4-16)6-9-19-10-7-14-11-18-8-5-15(14)12-19;2*1-2-3;/h3-7,10,13-15H,8-9,11-12,16H2,1-2H3;4-10,18H,1-3H3;1-5,8,11H,6-7,9-10,12,17H2;1H;;1H3/b;17-10+;;;;/i;;;;;1D3. The van der Waals surface area contributed by atoms with Crippen molar-refractivity contribution >= 4 is 114 Å². The zero-order chi connectivity index (χ0) is 65.0. The first-order valence-electron chi connectivity index (χ1n) is 27.5. The molecule has 0 bridgehead atoms. The summed E-state index contributed by atoms with van der Waals surface area (Å²) in [7, 11) is 3.75. The summed E-state index contributed by atoms with van der Waals surface area (Å²) < 4.78 is 55.0. The fraction of sp³-hybridized carbons (Fsp3) is 0.254. The number of methoxy groups -OCH3 is 2. The summed E-state index contributed by atoms with van der Waals surface area (Å²) in [5.41, 5.74) is 17.8. The maximum atomic E-state index is 12.1. The number of nitrogens with one attached hydrogen (secondary N) is 1. The van der Waals surface area contributed by atoms with E-state index in [0.29, 0.717) is 22.6 Å².